The van der Waals surface area contributed by atoms with Crippen LogP contribution in [0, 0.1) is 28.6 Å². The van der Waals surface area contributed by atoms with Gasteiger partial charge in [-0.25, -0.2) is 8.78 Å². The zero-order chi connectivity index (χ0) is 20.7. The molecule has 0 aliphatic carbocycles. The molecule has 3 atom stereocenters. The number of rotatable bonds is 4. The third-order valence-corrected chi connectivity index (χ3v) is 7.37. The molecule has 0 bridgehead atoms. The van der Waals surface area contributed by atoms with Gasteiger partial charge in [0.25, 0.3) is 0 Å². The molecule has 1 aromatic carbocycles. The monoisotopic (exact) mass is 411 g/mol. The zero-order valence-corrected chi connectivity index (χ0v) is 17.0. The first kappa shape index (κ1) is 19.7. The van der Waals surface area contributed by atoms with Gasteiger partial charge < -0.3 is 15.1 Å². The molecular weight excluding hydrogens is 384 g/mol. The molecule has 3 fully saturated rings. The van der Waals surface area contributed by atoms with E-state index in [4.69, 9.17) is 0 Å². The van der Waals surface area contributed by atoms with E-state index in [1.165, 1.54) is 12.8 Å². The number of nitrogens with one attached hydrogen (secondary N) is 1. The standard InChI is InChI=1S/C23H27F2N5/c24-22(25)19-13-30(20-4-3-16(10-26)21-18(20)2-1-7-28-21)12-17(19)11-29-9-6-23(15-29)5-8-27-14-23/h1-4,7,17,19,22,27H,5-6,8-9,11-15H2. The van der Waals surface area contributed by atoms with Gasteiger partial charge in [-0.05, 0) is 61.5 Å². The molecule has 0 amide bonds. The van der Waals surface area contributed by atoms with E-state index in [1.54, 1.807) is 12.3 Å². The molecule has 5 nitrogen and oxygen atoms in total. The lowest BCUT2D eigenvalue weighted by Crippen LogP contribution is -2.35. The molecule has 1 N–H and O–H groups in total. The molecule has 0 radical (unpaired) electrons. The topological polar surface area (TPSA) is 55.2 Å². The summed E-state index contributed by atoms with van der Waals surface area (Å²) in [4.78, 5) is 8.86. The molecular formula is C23H27F2N5. The Bertz CT molecular complexity index is 966. The Kier molecular flexibility index (Phi) is 5.08. The van der Waals surface area contributed by atoms with E-state index in [0.29, 0.717) is 29.6 Å². The Balaban J connectivity index is 1.37. The SMILES string of the molecule is N#Cc1ccc(N2CC(CN3CCC4(CCNC4)C3)C(C(F)F)C2)c2cccnc12. The molecule has 0 saturated carbocycles. The molecule has 2 aromatic rings. The number of alkyl halides is 2. The Labute approximate surface area is 175 Å². The summed E-state index contributed by atoms with van der Waals surface area (Å²) in [7, 11) is 0. The highest BCUT2D eigenvalue weighted by Crippen LogP contribution is 2.40. The minimum atomic E-state index is -2.33. The summed E-state index contributed by atoms with van der Waals surface area (Å²) in [5.74, 6) is -0.692. The average molecular weight is 412 g/mol. The van der Waals surface area contributed by atoms with Crippen molar-refractivity contribution in [2.75, 3.05) is 50.7 Å². The fraction of sp³-hybridized carbons (Fsp3) is 0.565. The normalized spacial score (nSPS) is 29.5. The van der Waals surface area contributed by atoms with E-state index in [-0.39, 0.29) is 5.92 Å². The van der Waals surface area contributed by atoms with Crippen LogP contribution in [0.25, 0.3) is 10.9 Å². The lowest BCUT2D eigenvalue weighted by atomic mass is 9.86. The fourth-order valence-corrected chi connectivity index (χ4v) is 5.75. The first-order chi connectivity index (χ1) is 14.6. The van der Waals surface area contributed by atoms with Crippen LogP contribution in [0.1, 0.15) is 18.4 Å². The molecule has 4 heterocycles. The summed E-state index contributed by atoms with van der Waals surface area (Å²) >= 11 is 0. The summed E-state index contributed by atoms with van der Waals surface area (Å²) in [5.41, 5.74) is 2.42. The predicted octanol–water partition coefficient (Wildman–Crippen LogP) is 3.11. The second-order valence-corrected chi connectivity index (χ2v) is 9.22. The first-order valence-corrected chi connectivity index (χ1v) is 10.8. The average Bonchev–Trinajstić information content (AvgIpc) is 3.49. The van der Waals surface area contributed by atoms with Crippen molar-refractivity contribution < 1.29 is 8.78 Å². The van der Waals surface area contributed by atoms with Gasteiger partial charge in [0, 0.05) is 55.9 Å². The van der Waals surface area contributed by atoms with Gasteiger partial charge in [-0.2, -0.15) is 5.26 Å². The highest BCUT2D eigenvalue weighted by Gasteiger charge is 2.44. The minimum absolute atomic E-state index is 0.0584. The van der Waals surface area contributed by atoms with Gasteiger partial charge in [0.15, 0.2) is 0 Å². The molecule has 1 aromatic heterocycles. The highest BCUT2D eigenvalue weighted by atomic mass is 19.3. The second kappa shape index (κ2) is 7.75. The first-order valence-electron chi connectivity index (χ1n) is 10.8. The number of nitriles is 1. The van der Waals surface area contributed by atoms with Gasteiger partial charge in [-0.1, -0.05) is 0 Å². The van der Waals surface area contributed by atoms with Gasteiger partial charge in [0.2, 0.25) is 6.43 Å². The van der Waals surface area contributed by atoms with Gasteiger partial charge in [-0.15, -0.1) is 0 Å². The van der Waals surface area contributed by atoms with Crippen molar-refractivity contribution >= 4 is 16.6 Å². The van der Waals surface area contributed by atoms with Crippen LogP contribution < -0.4 is 10.2 Å². The van der Waals surface area contributed by atoms with E-state index in [1.807, 2.05) is 18.2 Å². The predicted molar refractivity (Wildman–Crippen MR) is 113 cm³/mol. The van der Waals surface area contributed by atoms with Crippen LogP contribution in [0.5, 0.6) is 0 Å². The number of halogens is 2. The molecule has 7 heteroatoms. The smallest absolute Gasteiger partial charge is 0.243 e. The molecule has 3 aliphatic rings. The second-order valence-electron chi connectivity index (χ2n) is 9.22. The number of hydrogen-bond donors (Lipinski definition) is 1. The number of nitrogens with zero attached hydrogens (tertiary/aromatic N) is 4. The van der Waals surface area contributed by atoms with E-state index in [9.17, 15) is 14.0 Å². The van der Waals surface area contributed by atoms with Crippen molar-refractivity contribution in [1.29, 1.82) is 5.26 Å². The number of likely N-dealkylation sites (tertiary alicyclic amines) is 1. The van der Waals surface area contributed by atoms with Gasteiger partial charge in [-0.3, -0.25) is 4.98 Å². The van der Waals surface area contributed by atoms with Crippen LogP contribution in [0.3, 0.4) is 0 Å². The minimum Gasteiger partial charge on any atom is -0.370 e. The maximum atomic E-state index is 14.0. The molecule has 1 spiro atoms. The summed E-state index contributed by atoms with van der Waals surface area (Å²) in [6.45, 7) is 5.87. The van der Waals surface area contributed by atoms with Gasteiger partial charge in [0.05, 0.1) is 11.1 Å². The molecule has 5 rings (SSSR count). The summed E-state index contributed by atoms with van der Waals surface area (Å²) in [6, 6.07) is 9.60. The Morgan fingerprint density at radius 2 is 2.17 bits per heavy atom. The Morgan fingerprint density at radius 3 is 2.93 bits per heavy atom. The van der Waals surface area contributed by atoms with Gasteiger partial charge in [0.1, 0.15) is 6.07 Å². The number of benzene rings is 1. The van der Waals surface area contributed by atoms with E-state index >= 15 is 0 Å². The lowest BCUT2D eigenvalue weighted by Gasteiger charge is -2.26. The van der Waals surface area contributed by atoms with Crippen LogP contribution >= 0.6 is 0 Å². The summed E-state index contributed by atoms with van der Waals surface area (Å²) < 4.78 is 27.9. The van der Waals surface area contributed by atoms with Crippen molar-refractivity contribution in [3.8, 4) is 6.07 Å². The van der Waals surface area contributed by atoms with E-state index in [0.717, 1.165) is 43.8 Å². The van der Waals surface area contributed by atoms with Crippen molar-refractivity contribution in [1.82, 2.24) is 15.2 Å². The number of pyridine rings is 1. The molecule has 3 saturated heterocycles. The largest absolute Gasteiger partial charge is 0.370 e. The van der Waals surface area contributed by atoms with Crippen LogP contribution in [0.2, 0.25) is 0 Å². The van der Waals surface area contributed by atoms with Crippen LogP contribution in [0.4, 0.5) is 14.5 Å². The van der Waals surface area contributed by atoms with E-state index < -0.39 is 12.3 Å². The third kappa shape index (κ3) is 3.42. The van der Waals surface area contributed by atoms with Gasteiger partial charge >= 0.3 is 0 Å². The summed E-state index contributed by atoms with van der Waals surface area (Å²) in [6.07, 6.45) is 1.71. The molecule has 30 heavy (non-hydrogen) atoms. The number of aromatic nitrogens is 1. The molecule has 158 valence electrons. The van der Waals surface area contributed by atoms with Crippen LogP contribution in [0.15, 0.2) is 30.5 Å². The Morgan fingerprint density at radius 1 is 1.27 bits per heavy atom. The Hall–Kier alpha value is -2.30. The third-order valence-electron chi connectivity index (χ3n) is 7.37. The molecule has 3 unspecified atom stereocenters. The van der Waals surface area contributed by atoms with E-state index in [2.05, 4.69) is 26.2 Å². The zero-order valence-electron chi connectivity index (χ0n) is 17.0. The van der Waals surface area contributed by atoms with Crippen molar-refractivity contribution in [3.63, 3.8) is 0 Å². The number of anilines is 1. The quantitative estimate of drug-likeness (QED) is 0.838. The maximum Gasteiger partial charge on any atom is 0.243 e. The molecule has 3 aliphatic heterocycles. The van der Waals surface area contributed by atoms with Crippen LogP contribution in [-0.2, 0) is 0 Å². The van der Waals surface area contributed by atoms with Crippen molar-refractivity contribution in [3.05, 3.63) is 36.0 Å². The summed E-state index contributed by atoms with van der Waals surface area (Å²) in [5, 5.41) is 13.7. The van der Waals surface area contributed by atoms with Crippen LogP contribution in [-0.4, -0.2) is 62.1 Å². The maximum absolute atomic E-state index is 14.0. The fourth-order valence-electron chi connectivity index (χ4n) is 5.75. The lowest BCUT2D eigenvalue weighted by molar-refractivity contribution is 0.0551. The number of hydrogen-bond acceptors (Lipinski definition) is 5. The number of fused-ring (bicyclic) bond motifs is 1. The van der Waals surface area contributed by atoms with Crippen molar-refractivity contribution in [2.45, 2.75) is 19.3 Å². The highest BCUT2D eigenvalue weighted by molar-refractivity contribution is 5.95. The van der Waals surface area contributed by atoms with Crippen molar-refractivity contribution in [2.24, 2.45) is 17.3 Å².